The summed E-state index contributed by atoms with van der Waals surface area (Å²) >= 11 is 0. The number of nitrogens with one attached hydrogen (secondary N) is 2. The van der Waals surface area contributed by atoms with E-state index in [1.54, 1.807) is 0 Å². The van der Waals surface area contributed by atoms with Crippen LogP contribution in [0.4, 0.5) is 0 Å². The second-order valence-electron chi connectivity index (χ2n) is 6.81. The van der Waals surface area contributed by atoms with Crippen molar-refractivity contribution in [2.75, 3.05) is 6.54 Å². The van der Waals surface area contributed by atoms with E-state index >= 15 is 0 Å². The molecular formula is C21H24N2O3. The van der Waals surface area contributed by atoms with Gasteiger partial charge in [0.1, 0.15) is 5.56 Å². The Labute approximate surface area is 152 Å². The number of fused-ring (bicyclic) bond motifs is 1. The van der Waals surface area contributed by atoms with Crippen LogP contribution in [0.15, 0.2) is 41.2 Å². The van der Waals surface area contributed by atoms with E-state index in [2.05, 4.69) is 17.2 Å². The zero-order valence-electron chi connectivity index (χ0n) is 15.0. The lowest BCUT2D eigenvalue weighted by atomic mass is 9.81. The normalized spacial score (nSPS) is 16.2. The zero-order valence-corrected chi connectivity index (χ0v) is 15.0. The maximum absolute atomic E-state index is 12.6. The molecule has 2 aromatic rings. The number of Topliss-reactive ketones (excluding diaryl/α,β-unsaturated/α-hetero) is 1. The van der Waals surface area contributed by atoms with E-state index in [4.69, 9.17) is 0 Å². The summed E-state index contributed by atoms with van der Waals surface area (Å²) < 4.78 is 0. The Balaban J connectivity index is 1.80. The molecule has 26 heavy (non-hydrogen) atoms. The zero-order chi connectivity index (χ0) is 18.5. The number of carbonyl (C=O) groups excluding carboxylic acids is 2. The van der Waals surface area contributed by atoms with Crippen molar-refractivity contribution in [2.45, 2.75) is 44.9 Å². The van der Waals surface area contributed by atoms with Crippen molar-refractivity contribution in [3.05, 3.63) is 69.1 Å². The van der Waals surface area contributed by atoms with Gasteiger partial charge in [0.2, 0.25) is 0 Å². The van der Waals surface area contributed by atoms with E-state index in [0.29, 0.717) is 30.6 Å². The second-order valence-corrected chi connectivity index (χ2v) is 6.81. The van der Waals surface area contributed by atoms with Crippen molar-refractivity contribution in [1.29, 1.82) is 0 Å². The molecule has 0 unspecified atom stereocenters. The molecule has 5 nitrogen and oxygen atoms in total. The highest BCUT2D eigenvalue weighted by Crippen LogP contribution is 2.31. The molecule has 1 aromatic heterocycles. The molecule has 3 rings (SSSR count). The fourth-order valence-corrected chi connectivity index (χ4v) is 3.43. The monoisotopic (exact) mass is 352 g/mol. The van der Waals surface area contributed by atoms with E-state index in [9.17, 15) is 14.4 Å². The number of amides is 1. The molecule has 1 atom stereocenters. The Hall–Kier alpha value is -2.69. The van der Waals surface area contributed by atoms with Gasteiger partial charge >= 0.3 is 0 Å². The summed E-state index contributed by atoms with van der Waals surface area (Å²) in [5, 5.41) is 2.76. The number of ketones is 1. The van der Waals surface area contributed by atoms with E-state index in [1.807, 2.05) is 30.3 Å². The molecule has 1 aliphatic rings. The van der Waals surface area contributed by atoms with Gasteiger partial charge in [0, 0.05) is 24.2 Å². The van der Waals surface area contributed by atoms with Crippen LogP contribution in [-0.4, -0.2) is 23.2 Å². The van der Waals surface area contributed by atoms with Crippen LogP contribution in [0.3, 0.4) is 0 Å². The van der Waals surface area contributed by atoms with Crippen molar-refractivity contribution in [2.24, 2.45) is 0 Å². The quantitative estimate of drug-likeness (QED) is 0.784. The van der Waals surface area contributed by atoms with Crippen LogP contribution in [-0.2, 0) is 6.42 Å². The Morgan fingerprint density at radius 1 is 1.15 bits per heavy atom. The number of aromatic nitrogens is 1. The predicted molar refractivity (Wildman–Crippen MR) is 101 cm³/mol. The number of hydrogen-bond donors (Lipinski definition) is 2. The Bertz CT molecular complexity index is 855. The molecular weight excluding hydrogens is 328 g/mol. The third-order valence-electron chi connectivity index (χ3n) is 4.89. The molecule has 0 radical (unpaired) electrons. The molecule has 5 heteroatoms. The number of H-pyrrole nitrogens is 1. The minimum atomic E-state index is -0.432. The Morgan fingerprint density at radius 3 is 2.65 bits per heavy atom. The summed E-state index contributed by atoms with van der Waals surface area (Å²) in [6.45, 7) is 2.62. The maximum atomic E-state index is 12.6. The summed E-state index contributed by atoms with van der Waals surface area (Å²) in [5.41, 5.74) is 1.77. The highest BCUT2D eigenvalue weighted by Gasteiger charge is 2.28. The number of aromatic amines is 1. The Morgan fingerprint density at radius 2 is 1.92 bits per heavy atom. The van der Waals surface area contributed by atoms with Crippen LogP contribution in [0.1, 0.15) is 70.5 Å². The summed E-state index contributed by atoms with van der Waals surface area (Å²) in [6.07, 6.45) is 3.95. The van der Waals surface area contributed by atoms with Crippen molar-refractivity contribution in [1.82, 2.24) is 10.3 Å². The van der Waals surface area contributed by atoms with Crippen LogP contribution in [0.25, 0.3) is 0 Å². The van der Waals surface area contributed by atoms with E-state index in [1.165, 1.54) is 6.07 Å². The molecule has 136 valence electrons. The van der Waals surface area contributed by atoms with Crippen molar-refractivity contribution >= 4 is 11.7 Å². The first kappa shape index (κ1) is 18.1. The SMILES string of the molecule is CCCCCNC(=O)c1cc2c([nH]c1=O)C[C@H](c1ccccc1)CC2=O. The average Bonchev–Trinajstić information content (AvgIpc) is 2.65. The number of carbonyl (C=O) groups is 2. The van der Waals surface area contributed by atoms with Gasteiger partial charge in [0.25, 0.3) is 11.5 Å². The number of unbranched alkanes of at least 4 members (excludes halogenated alkanes) is 2. The minimum Gasteiger partial charge on any atom is -0.352 e. The first-order valence-electron chi connectivity index (χ1n) is 9.22. The molecule has 0 saturated carbocycles. The highest BCUT2D eigenvalue weighted by atomic mass is 16.2. The van der Waals surface area contributed by atoms with Gasteiger partial charge < -0.3 is 10.3 Å². The van der Waals surface area contributed by atoms with E-state index in [0.717, 1.165) is 24.8 Å². The predicted octanol–water partition coefficient (Wildman–Crippen LogP) is 3.21. The second kappa shape index (κ2) is 8.13. The third kappa shape index (κ3) is 3.93. The molecule has 1 aliphatic carbocycles. The molecule has 1 aromatic carbocycles. The Kier molecular flexibility index (Phi) is 5.66. The summed E-state index contributed by atoms with van der Waals surface area (Å²) in [6, 6.07) is 11.3. The number of hydrogen-bond acceptors (Lipinski definition) is 3. The smallest absolute Gasteiger partial charge is 0.261 e. The van der Waals surface area contributed by atoms with Gasteiger partial charge in [-0.15, -0.1) is 0 Å². The van der Waals surface area contributed by atoms with Crippen LogP contribution < -0.4 is 10.9 Å². The van der Waals surface area contributed by atoms with Gasteiger partial charge in [0.05, 0.1) is 0 Å². The van der Waals surface area contributed by atoms with Gasteiger partial charge in [-0.25, -0.2) is 0 Å². The first-order valence-corrected chi connectivity index (χ1v) is 9.22. The molecule has 1 amide bonds. The van der Waals surface area contributed by atoms with E-state index in [-0.39, 0.29) is 17.3 Å². The van der Waals surface area contributed by atoms with Crippen LogP contribution in [0.5, 0.6) is 0 Å². The maximum Gasteiger partial charge on any atom is 0.261 e. The molecule has 0 fully saturated rings. The molecule has 2 N–H and O–H groups in total. The minimum absolute atomic E-state index is 0.0201. The van der Waals surface area contributed by atoms with Crippen molar-refractivity contribution < 1.29 is 9.59 Å². The lowest BCUT2D eigenvalue weighted by Crippen LogP contribution is -2.33. The summed E-state index contributed by atoms with van der Waals surface area (Å²) in [5.74, 6) is -0.389. The van der Waals surface area contributed by atoms with Gasteiger partial charge in [-0.2, -0.15) is 0 Å². The summed E-state index contributed by atoms with van der Waals surface area (Å²) in [7, 11) is 0. The lowest BCUT2D eigenvalue weighted by molar-refractivity contribution is 0.0951. The molecule has 0 aliphatic heterocycles. The molecule has 0 saturated heterocycles. The fraction of sp³-hybridized carbons (Fsp3) is 0.381. The lowest BCUT2D eigenvalue weighted by Gasteiger charge is -2.24. The molecule has 0 spiro atoms. The number of pyridine rings is 1. The molecule has 1 heterocycles. The van der Waals surface area contributed by atoms with Gasteiger partial charge in [0.15, 0.2) is 5.78 Å². The van der Waals surface area contributed by atoms with Crippen LogP contribution in [0.2, 0.25) is 0 Å². The van der Waals surface area contributed by atoms with Crippen molar-refractivity contribution in [3.8, 4) is 0 Å². The molecule has 0 bridgehead atoms. The topological polar surface area (TPSA) is 79.0 Å². The standard InChI is InChI=1S/C21H24N2O3/c1-2-3-7-10-22-20(25)17-13-16-18(23-21(17)26)11-15(12-19(16)24)14-8-5-4-6-9-14/h4-6,8-9,13,15H,2-3,7,10-12H2,1H3,(H,22,25)(H,23,26)/t15-/m0/s1. The van der Waals surface area contributed by atoms with Crippen LogP contribution >= 0.6 is 0 Å². The largest absolute Gasteiger partial charge is 0.352 e. The van der Waals surface area contributed by atoms with Crippen LogP contribution in [0, 0.1) is 0 Å². The van der Waals surface area contributed by atoms with Gasteiger partial charge in [-0.3, -0.25) is 14.4 Å². The fourth-order valence-electron chi connectivity index (χ4n) is 3.43. The van der Waals surface area contributed by atoms with Gasteiger partial charge in [-0.05, 0) is 30.4 Å². The summed E-state index contributed by atoms with van der Waals surface area (Å²) in [4.78, 5) is 40.0. The van der Waals surface area contributed by atoms with Gasteiger partial charge in [-0.1, -0.05) is 50.1 Å². The number of benzene rings is 1. The average molecular weight is 352 g/mol. The first-order chi connectivity index (χ1) is 12.6. The van der Waals surface area contributed by atoms with Crippen molar-refractivity contribution in [3.63, 3.8) is 0 Å². The highest BCUT2D eigenvalue weighted by molar-refractivity contribution is 6.02. The third-order valence-corrected chi connectivity index (χ3v) is 4.89. The van der Waals surface area contributed by atoms with E-state index < -0.39 is 11.5 Å². The number of rotatable bonds is 6.